The van der Waals surface area contributed by atoms with Crippen molar-refractivity contribution in [1.82, 2.24) is 0 Å². The molecule has 0 spiro atoms. The molecular weight excluding hydrogens is 621 g/mol. The highest BCUT2D eigenvalue weighted by molar-refractivity contribution is 6.90. The van der Waals surface area contributed by atoms with Gasteiger partial charge in [0.1, 0.15) is 11.5 Å². The number of hydrogen-bond donors (Lipinski definition) is 2. The van der Waals surface area contributed by atoms with Gasteiger partial charge in [-0.05, 0) is 47.5 Å². The maximum absolute atomic E-state index is 11.1. The molecule has 0 aliphatic rings. The summed E-state index contributed by atoms with van der Waals surface area (Å²) in [5.74, 6) is 1.57. The van der Waals surface area contributed by atoms with Gasteiger partial charge in [0.05, 0.1) is 13.2 Å². The fourth-order valence-electron chi connectivity index (χ4n) is 6.71. The van der Waals surface area contributed by atoms with Crippen LogP contribution in [-0.2, 0) is 0 Å². The summed E-state index contributed by atoms with van der Waals surface area (Å²) in [5, 5.41) is 1.12. The first-order chi connectivity index (χ1) is 24.1. The summed E-state index contributed by atoms with van der Waals surface area (Å²) in [6.07, 6.45) is 37.7. The minimum absolute atomic E-state index is 0.562. The van der Waals surface area contributed by atoms with Gasteiger partial charge in [-0.25, -0.2) is 0 Å². The standard InChI is InChI=1S/C44H76O4Si/c1-3-5-7-9-11-13-15-17-19-21-23-25-27-29-39-47-41-31-35-43(36-32-41)49(45,46)44-37-33-42(34-38-44)48-40-30-28-26-24-22-20-18-16-14-12-10-8-6-4-2/h31-38,45-46H,3-30,39-40H2,1-2H3. The molecule has 5 heteroatoms. The van der Waals surface area contributed by atoms with Gasteiger partial charge in [0.15, 0.2) is 0 Å². The van der Waals surface area contributed by atoms with Crippen molar-refractivity contribution in [3.05, 3.63) is 48.5 Å². The summed E-state index contributed by atoms with van der Waals surface area (Å²) in [6, 6.07) is 14.6. The third kappa shape index (κ3) is 21.9. The molecule has 0 aliphatic heterocycles. The number of rotatable bonds is 34. The molecule has 0 heterocycles. The van der Waals surface area contributed by atoms with Gasteiger partial charge in [-0.15, -0.1) is 0 Å². The van der Waals surface area contributed by atoms with Crippen LogP contribution in [0.25, 0.3) is 0 Å². The van der Waals surface area contributed by atoms with Crippen LogP contribution in [0.5, 0.6) is 11.5 Å². The van der Waals surface area contributed by atoms with Crippen molar-refractivity contribution in [3.8, 4) is 11.5 Å². The largest absolute Gasteiger partial charge is 0.494 e. The van der Waals surface area contributed by atoms with Crippen molar-refractivity contribution in [2.75, 3.05) is 13.2 Å². The van der Waals surface area contributed by atoms with Crippen molar-refractivity contribution in [2.45, 2.75) is 194 Å². The zero-order valence-corrected chi connectivity index (χ0v) is 33.0. The van der Waals surface area contributed by atoms with Crippen molar-refractivity contribution in [1.29, 1.82) is 0 Å². The highest BCUT2D eigenvalue weighted by Crippen LogP contribution is 2.16. The summed E-state index contributed by atoms with van der Waals surface area (Å²) in [5.41, 5.74) is 0. The van der Waals surface area contributed by atoms with E-state index in [0.717, 1.165) is 24.3 Å². The van der Waals surface area contributed by atoms with Crippen LogP contribution in [0.3, 0.4) is 0 Å². The van der Waals surface area contributed by atoms with Gasteiger partial charge in [-0.3, -0.25) is 0 Å². The molecule has 280 valence electrons. The van der Waals surface area contributed by atoms with Crippen LogP contribution >= 0.6 is 0 Å². The Labute approximate surface area is 304 Å². The molecule has 0 fully saturated rings. The van der Waals surface area contributed by atoms with E-state index in [9.17, 15) is 9.59 Å². The Hall–Kier alpha value is -1.82. The number of benzene rings is 2. The molecule has 2 N–H and O–H groups in total. The first-order valence-corrected chi connectivity index (χ1v) is 22.9. The van der Waals surface area contributed by atoms with Crippen molar-refractivity contribution in [2.24, 2.45) is 0 Å². The average molecular weight is 697 g/mol. The third-order valence-electron chi connectivity index (χ3n) is 10.0. The molecule has 0 atom stereocenters. The highest BCUT2D eigenvalue weighted by Gasteiger charge is 2.34. The average Bonchev–Trinajstić information content (AvgIpc) is 3.12. The van der Waals surface area contributed by atoms with E-state index in [1.165, 1.54) is 167 Å². The monoisotopic (exact) mass is 697 g/mol. The van der Waals surface area contributed by atoms with Gasteiger partial charge in [0.25, 0.3) is 0 Å². The number of unbranched alkanes of at least 4 members (excludes halogenated alkanes) is 26. The van der Waals surface area contributed by atoms with Crippen molar-refractivity contribution < 1.29 is 19.1 Å². The van der Waals surface area contributed by atoms with E-state index in [1.54, 1.807) is 24.3 Å². The SMILES string of the molecule is CCCCCCCCCCCCCCCCOc1ccc([Si](O)(O)c2ccc(OCCCCCCCCCCCCCCCC)cc2)cc1. The van der Waals surface area contributed by atoms with Crippen LogP contribution in [0.1, 0.15) is 194 Å². The van der Waals surface area contributed by atoms with E-state index in [-0.39, 0.29) is 0 Å². The van der Waals surface area contributed by atoms with E-state index in [0.29, 0.717) is 23.6 Å². The quantitative estimate of drug-likeness (QED) is 0.0565. The van der Waals surface area contributed by atoms with Gasteiger partial charge in [-0.1, -0.05) is 205 Å². The molecule has 0 amide bonds. The molecule has 2 aromatic carbocycles. The molecule has 0 aromatic heterocycles. The fourth-order valence-corrected chi connectivity index (χ4v) is 8.30. The Balaban J connectivity index is 1.49. The van der Waals surface area contributed by atoms with Gasteiger partial charge in [0, 0.05) is 0 Å². The predicted molar refractivity (Wildman–Crippen MR) is 214 cm³/mol. The maximum Gasteiger partial charge on any atom is 0.401 e. The Bertz CT molecular complexity index is 912. The minimum atomic E-state index is -3.76. The Morgan fingerprint density at radius 2 is 0.571 bits per heavy atom. The molecule has 0 radical (unpaired) electrons. The maximum atomic E-state index is 11.1. The third-order valence-corrected chi connectivity index (χ3v) is 12.3. The molecule has 0 aliphatic carbocycles. The lowest BCUT2D eigenvalue weighted by Crippen LogP contribution is -2.59. The van der Waals surface area contributed by atoms with Crippen molar-refractivity contribution >= 4 is 18.9 Å². The van der Waals surface area contributed by atoms with E-state index in [1.807, 2.05) is 24.3 Å². The minimum Gasteiger partial charge on any atom is -0.494 e. The van der Waals surface area contributed by atoms with Crippen LogP contribution in [0.4, 0.5) is 0 Å². The summed E-state index contributed by atoms with van der Waals surface area (Å²) < 4.78 is 11.9. The Kier molecular flexibility index (Phi) is 26.4. The lowest BCUT2D eigenvalue weighted by atomic mass is 10.0. The fraction of sp³-hybridized carbons (Fsp3) is 0.727. The summed E-state index contributed by atoms with van der Waals surface area (Å²) in [6.45, 7) is 5.98. The zero-order valence-electron chi connectivity index (χ0n) is 32.0. The second kappa shape index (κ2) is 29.9. The lowest BCUT2D eigenvalue weighted by molar-refractivity contribution is 0.304. The molecule has 0 bridgehead atoms. The molecule has 0 saturated heterocycles. The molecule has 4 nitrogen and oxygen atoms in total. The van der Waals surface area contributed by atoms with E-state index >= 15 is 0 Å². The molecule has 49 heavy (non-hydrogen) atoms. The van der Waals surface area contributed by atoms with Crippen LogP contribution in [0.2, 0.25) is 0 Å². The van der Waals surface area contributed by atoms with Crippen LogP contribution in [0, 0.1) is 0 Å². The van der Waals surface area contributed by atoms with Gasteiger partial charge < -0.3 is 19.1 Å². The first kappa shape index (κ1) is 43.3. The molecular formula is C44H76O4Si. The molecule has 0 saturated carbocycles. The normalized spacial score (nSPS) is 11.7. The molecule has 2 rings (SSSR count). The summed E-state index contributed by atoms with van der Waals surface area (Å²) in [4.78, 5) is 22.2. The van der Waals surface area contributed by atoms with E-state index in [4.69, 9.17) is 9.47 Å². The smallest absolute Gasteiger partial charge is 0.401 e. The topological polar surface area (TPSA) is 58.9 Å². The highest BCUT2D eigenvalue weighted by atomic mass is 28.4. The van der Waals surface area contributed by atoms with Gasteiger partial charge in [0.2, 0.25) is 0 Å². The van der Waals surface area contributed by atoms with Crippen molar-refractivity contribution in [3.63, 3.8) is 0 Å². The lowest BCUT2D eigenvalue weighted by Gasteiger charge is -2.19. The van der Waals surface area contributed by atoms with E-state index in [2.05, 4.69) is 13.8 Å². The predicted octanol–water partition coefficient (Wildman–Crippen LogP) is 11.9. The van der Waals surface area contributed by atoms with Gasteiger partial charge >= 0.3 is 8.56 Å². The number of ether oxygens (including phenoxy) is 2. The van der Waals surface area contributed by atoms with E-state index < -0.39 is 8.56 Å². The van der Waals surface area contributed by atoms with Crippen LogP contribution < -0.4 is 19.8 Å². The van der Waals surface area contributed by atoms with Gasteiger partial charge in [-0.2, -0.15) is 0 Å². The first-order valence-electron chi connectivity index (χ1n) is 21.0. The summed E-state index contributed by atoms with van der Waals surface area (Å²) >= 11 is 0. The second-order valence-corrected chi connectivity index (χ2v) is 17.1. The molecule has 2 aromatic rings. The Morgan fingerprint density at radius 1 is 0.347 bits per heavy atom. The van der Waals surface area contributed by atoms with Crippen LogP contribution in [-0.4, -0.2) is 31.4 Å². The second-order valence-electron chi connectivity index (χ2n) is 14.6. The zero-order chi connectivity index (χ0) is 35.1. The summed E-state index contributed by atoms with van der Waals surface area (Å²) in [7, 11) is -3.76. The van der Waals surface area contributed by atoms with Crippen LogP contribution in [0.15, 0.2) is 48.5 Å². The Morgan fingerprint density at radius 3 is 0.816 bits per heavy atom. The number of hydrogen-bond acceptors (Lipinski definition) is 4. The molecule has 0 unspecified atom stereocenters.